The molecule has 3 heteroatoms. The molecule has 0 saturated heterocycles. The van der Waals surface area contributed by atoms with Crippen molar-refractivity contribution < 1.29 is 8.78 Å². The second-order valence-electron chi connectivity index (χ2n) is 5.35. The number of halogens is 2. The van der Waals surface area contributed by atoms with Crippen LogP contribution in [0.1, 0.15) is 43.7 Å². The smallest absolute Gasteiger partial charge is 0.273 e. The summed E-state index contributed by atoms with van der Waals surface area (Å²) in [5.74, 6) is -2.69. The van der Waals surface area contributed by atoms with E-state index in [1.807, 2.05) is 13.1 Å². The third-order valence-electron chi connectivity index (χ3n) is 3.83. The third-order valence-corrected chi connectivity index (χ3v) is 3.83. The van der Waals surface area contributed by atoms with E-state index in [0.717, 1.165) is 24.9 Å². The average Bonchev–Trinajstić information content (AvgIpc) is 3.11. The molecule has 1 aromatic rings. The maximum absolute atomic E-state index is 13.9. The van der Waals surface area contributed by atoms with Crippen molar-refractivity contribution in [3.05, 3.63) is 35.4 Å². The molecule has 100 valence electrons. The van der Waals surface area contributed by atoms with Crippen LogP contribution in [-0.2, 0) is 11.3 Å². The number of alkyl halides is 2. The number of hydrogen-bond donors (Lipinski definition) is 1. The standard InChI is InChI=1S/C15H21F2N/c1-3-7-15(16,17)13-6-4-5-12(10-13)14(8-9-14)11-18-2/h4-6,10,18H,3,7-9,11H2,1-2H3. The number of nitrogens with one attached hydrogen (secondary N) is 1. The molecule has 0 bridgehead atoms. The normalized spacial score (nSPS) is 17.8. The lowest BCUT2D eigenvalue weighted by molar-refractivity contribution is -0.0141. The van der Waals surface area contributed by atoms with E-state index in [1.165, 1.54) is 0 Å². The molecule has 1 aliphatic rings. The molecule has 1 aliphatic carbocycles. The summed E-state index contributed by atoms with van der Waals surface area (Å²) in [6.45, 7) is 2.66. The van der Waals surface area contributed by atoms with Gasteiger partial charge in [0.15, 0.2) is 0 Å². The Hall–Kier alpha value is -0.960. The van der Waals surface area contributed by atoms with Gasteiger partial charge in [0.2, 0.25) is 0 Å². The maximum Gasteiger partial charge on any atom is 0.273 e. The Morgan fingerprint density at radius 1 is 1.33 bits per heavy atom. The van der Waals surface area contributed by atoms with Gasteiger partial charge in [-0.05, 0) is 31.5 Å². The summed E-state index contributed by atoms with van der Waals surface area (Å²) in [4.78, 5) is 0. The van der Waals surface area contributed by atoms with E-state index in [-0.39, 0.29) is 17.4 Å². The predicted molar refractivity (Wildman–Crippen MR) is 70.1 cm³/mol. The summed E-state index contributed by atoms with van der Waals surface area (Å²) in [6, 6.07) is 7.01. The van der Waals surface area contributed by atoms with E-state index in [2.05, 4.69) is 5.32 Å². The van der Waals surface area contributed by atoms with Crippen LogP contribution in [0, 0.1) is 0 Å². The van der Waals surface area contributed by atoms with Gasteiger partial charge in [0, 0.05) is 23.9 Å². The van der Waals surface area contributed by atoms with Gasteiger partial charge in [-0.2, -0.15) is 0 Å². The molecule has 1 N–H and O–H groups in total. The Kier molecular flexibility index (Phi) is 3.71. The van der Waals surface area contributed by atoms with Crippen molar-refractivity contribution >= 4 is 0 Å². The zero-order valence-corrected chi connectivity index (χ0v) is 11.1. The van der Waals surface area contributed by atoms with Crippen molar-refractivity contribution in [2.75, 3.05) is 13.6 Å². The van der Waals surface area contributed by atoms with Gasteiger partial charge >= 0.3 is 0 Å². The Balaban J connectivity index is 2.25. The van der Waals surface area contributed by atoms with Gasteiger partial charge in [0.05, 0.1) is 0 Å². The van der Waals surface area contributed by atoms with Crippen molar-refractivity contribution in [3.8, 4) is 0 Å². The molecule has 0 aromatic heterocycles. The minimum absolute atomic E-state index is 0.0739. The first-order chi connectivity index (χ1) is 8.54. The Labute approximate surface area is 108 Å². The molecule has 0 heterocycles. The topological polar surface area (TPSA) is 12.0 Å². The number of rotatable bonds is 6. The molecule has 0 unspecified atom stereocenters. The molecule has 18 heavy (non-hydrogen) atoms. The van der Waals surface area contributed by atoms with Crippen LogP contribution in [0.15, 0.2) is 24.3 Å². The quantitative estimate of drug-likeness (QED) is 0.812. The van der Waals surface area contributed by atoms with Crippen molar-refractivity contribution in [2.24, 2.45) is 0 Å². The Morgan fingerprint density at radius 3 is 2.61 bits per heavy atom. The third kappa shape index (κ3) is 2.56. The molecule has 1 aromatic carbocycles. The summed E-state index contributed by atoms with van der Waals surface area (Å²) in [6.07, 6.45) is 2.61. The van der Waals surface area contributed by atoms with E-state index in [4.69, 9.17) is 0 Å². The molecule has 2 rings (SSSR count). The molecule has 0 spiro atoms. The van der Waals surface area contributed by atoms with Crippen LogP contribution in [0.2, 0.25) is 0 Å². The van der Waals surface area contributed by atoms with Crippen molar-refractivity contribution in [2.45, 2.75) is 43.9 Å². The molecular formula is C15H21F2N. The van der Waals surface area contributed by atoms with Gasteiger partial charge in [-0.25, -0.2) is 8.78 Å². The zero-order valence-electron chi connectivity index (χ0n) is 11.1. The summed E-state index contributed by atoms with van der Waals surface area (Å²) in [5.41, 5.74) is 1.34. The van der Waals surface area contributed by atoms with Crippen LogP contribution < -0.4 is 5.32 Å². The maximum atomic E-state index is 13.9. The lowest BCUT2D eigenvalue weighted by Crippen LogP contribution is -2.24. The molecule has 1 nitrogen and oxygen atoms in total. The fourth-order valence-electron chi connectivity index (χ4n) is 2.59. The Morgan fingerprint density at radius 2 is 2.06 bits per heavy atom. The van der Waals surface area contributed by atoms with Gasteiger partial charge in [0.1, 0.15) is 0 Å². The first kappa shape index (κ1) is 13.5. The molecule has 1 fully saturated rings. The SMILES string of the molecule is CCCC(F)(F)c1cccc(C2(CNC)CC2)c1. The van der Waals surface area contributed by atoms with Crippen molar-refractivity contribution in [3.63, 3.8) is 0 Å². The molecule has 0 aliphatic heterocycles. The molecular weight excluding hydrogens is 232 g/mol. The lowest BCUT2D eigenvalue weighted by atomic mass is 9.92. The Bertz CT molecular complexity index is 387. The summed E-state index contributed by atoms with van der Waals surface area (Å²) in [5, 5.41) is 3.16. The van der Waals surface area contributed by atoms with Crippen LogP contribution >= 0.6 is 0 Å². The molecule has 0 amide bonds. The van der Waals surface area contributed by atoms with Crippen LogP contribution in [0.3, 0.4) is 0 Å². The summed E-state index contributed by atoms with van der Waals surface area (Å²) < 4.78 is 27.8. The minimum atomic E-state index is -2.69. The predicted octanol–water partition coefficient (Wildman–Crippen LogP) is 3.83. The second-order valence-corrected chi connectivity index (χ2v) is 5.35. The van der Waals surface area contributed by atoms with E-state index in [9.17, 15) is 8.78 Å². The van der Waals surface area contributed by atoms with E-state index < -0.39 is 5.92 Å². The fourth-order valence-corrected chi connectivity index (χ4v) is 2.59. The van der Waals surface area contributed by atoms with Crippen LogP contribution in [0.4, 0.5) is 8.78 Å². The van der Waals surface area contributed by atoms with Crippen LogP contribution in [-0.4, -0.2) is 13.6 Å². The van der Waals surface area contributed by atoms with Gasteiger partial charge in [-0.1, -0.05) is 31.5 Å². The summed E-state index contributed by atoms with van der Waals surface area (Å²) >= 11 is 0. The zero-order chi connectivity index (χ0) is 13.2. The van der Waals surface area contributed by atoms with E-state index in [1.54, 1.807) is 25.1 Å². The van der Waals surface area contributed by atoms with Crippen molar-refractivity contribution in [1.29, 1.82) is 0 Å². The minimum Gasteiger partial charge on any atom is -0.319 e. The summed E-state index contributed by atoms with van der Waals surface area (Å²) in [7, 11) is 1.91. The van der Waals surface area contributed by atoms with Gasteiger partial charge in [0.25, 0.3) is 5.92 Å². The molecule has 0 atom stereocenters. The van der Waals surface area contributed by atoms with E-state index >= 15 is 0 Å². The number of hydrogen-bond acceptors (Lipinski definition) is 1. The number of benzene rings is 1. The first-order valence-corrected chi connectivity index (χ1v) is 6.67. The number of likely N-dealkylation sites (N-methyl/N-ethyl adjacent to an activating group) is 1. The monoisotopic (exact) mass is 253 g/mol. The lowest BCUT2D eigenvalue weighted by Gasteiger charge is -2.20. The van der Waals surface area contributed by atoms with Crippen LogP contribution in [0.5, 0.6) is 0 Å². The molecule has 1 saturated carbocycles. The van der Waals surface area contributed by atoms with Crippen molar-refractivity contribution in [1.82, 2.24) is 5.32 Å². The highest BCUT2D eigenvalue weighted by Gasteiger charge is 2.44. The first-order valence-electron chi connectivity index (χ1n) is 6.67. The van der Waals surface area contributed by atoms with Gasteiger partial charge < -0.3 is 5.32 Å². The highest BCUT2D eigenvalue weighted by molar-refractivity contribution is 5.36. The molecule has 0 radical (unpaired) electrons. The fraction of sp³-hybridized carbons (Fsp3) is 0.600. The van der Waals surface area contributed by atoms with E-state index in [0.29, 0.717) is 6.42 Å². The average molecular weight is 253 g/mol. The highest BCUT2D eigenvalue weighted by atomic mass is 19.3. The van der Waals surface area contributed by atoms with Gasteiger partial charge in [-0.3, -0.25) is 0 Å². The highest BCUT2D eigenvalue weighted by Crippen LogP contribution is 2.48. The largest absolute Gasteiger partial charge is 0.319 e. The second kappa shape index (κ2) is 4.96. The van der Waals surface area contributed by atoms with Crippen LogP contribution in [0.25, 0.3) is 0 Å². The van der Waals surface area contributed by atoms with Gasteiger partial charge in [-0.15, -0.1) is 0 Å².